The second-order valence-electron chi connectivity index (χ2n) is 5.21. The van der Waals surface area contributed by atoms with Crippen molar-refractivity contribution < 1.29 is 9.53 Å². The molecule has 0 saturated heterocycles. The number of amides is 2. The number of hydrogen-bond donors (Lipinski definition) is 2. The fourth-order valence-corrected chi connectivity index (χ4v) is 3.08. The Balaban J connectivity index is 1.65. The highest BCUT2D eigenvalue weighted by molar-refractivity contribution is 7.08. The molecule has 24 heavy (non-hydrogen) atoms. The number of thiophene rings is 1. The molecule has 122 valence electrons. The third-order valence-corrected chi connectivity index (χ3v) is 4.30. The molecule has 0 spiro atoms. The van der Waals surface area contributed by atoms with Crippen molar-refractivity contribution in [3.05, 3.63) is 70.9 Å². The molecule has 1 heterocycles. The summed E-state index contributed by atoms with van der Waals surface area (Å²) in [6.07, 6.45) is 0. The lowest BCUT2D eigenvalue weighted by Crippen LogP contribution is -2.28. The van der Waals surface area contributed by atoms with Crippen LogP contribution in [0.5, 0.6) is 5.75 Å². The lowest BCUT2D eigenvalue weighted by Gasteiger charge is -2.11. The van der Waals surface area contributed by atoms with Gasteiger partial charge in [-0.15, -0.1) is 0 Å². The van der Waals surface area contributed by atoms with E-state index in [1.165, 1.54) is 5.56 Å². The van der Waals surface area contributed by atoms with E-state index in [9.17, 15) is 4.79 Å². The molecule has 3 rings (SSSR count). The van der Waals surface area contributed by atoms with Gasteiger partial charge < -0.3 is 15.4 Å². The first-order valence-electron chi connectivity index (χ1n) is 7.55. The summed E-state index contributed by atoms with van der Waals surface area (Å²) in [6, 6.07) is 17.2. The van der Waals surface area contributed by atoms with Crippen molar-refractivity contribution in [2.75, 3.05) is 12.4 Å². The third kappa shape index (κ3) is 3.94. The number of carbonyl (C=O) groups is 1. The molecule has 0 atom stereocenters. The molecular weight excluding hydrogens is 320 g/mol. The summed E-state index contributed by atoms with van der Waals surface area (Å²) in [7, 11) is 1.60. The molecule has 3 aromatic rings. The molecule has 0 radical (unpaired) electrons. The summed E-state index contributed by atoms with van der Waals surface area (Å²) in [4.78, 5) is 12.1. The Kier molecular flexibility index (Phi) is 5.13. The maximum atomic E-state index is 12.1. The van der Waals surface area contributed by atoms with E-state index < -0.39 is 0 Å². The summed E-state index contributed by atoms with van der Waals surface area (Å²) in [6.45, 7) is 0.460. The van der Waals surface area contributed by atoms with Crippen molar-refractivity contribution in [2.24, 2.45) is 0 Å². The minimum atomic E-state index is -0.247. The largest absolute Gasteiger partial charge is 0.497 e. The summed E-state index contributed by atoms with van der Waals surface area (Å²) >= 11 is 1.66. The number of hydrogen-bond acceptors (Lipinski definition) is 3. The van der Waals surface area contributed by atoms with Crippen LogP contribution in [-0.2, 0) is 6.54 Å². The van der Waals surface area contributed by atoms with Gasteiger partial charge in [-0.1, -0.05) is 30.3 Å². The summed E-state index contributed by atoms with van der Waals surface area (Å²) in [5.74, 6) is 0.704. The highest BCUT2D eigenvalue weighted by Crippen LogP contribution is 2.25. The molecule has 0 bridgehead atoms. The molecule has 0 aliphatic rings. The van der Waals surface area contributed by atoms with Crippen molar-refractivity contribution in [1.29, 1.82) is 0 Å². The van der Waals surface area contributed by atoms with Gasteiger partial charge in [-0.3, -0.25) is 0 Å². The quantitative estimate of drug-likeness (QED) is 0.705. The average molecular weight is 338 g/mol. The first kappa shape index (κ1) is 16.1. The molecule has 0 fully saturated rings. The third-order valence-electron chi connectivity index (χ3n) is 3.62. The van der Waals surface area contributed by atoms with Crippen LogP contribution < -0.4 is 15.4 Å². The van der Waals surface area contributed by atoms with Crippen LogP contribution in [0.2, 0.25) is 0 Å². The van der Waals surface area contributed by atoms with E-state index in [0.717, 1.165) is 11.1 Å². The molecule has 4 nitrogen and oxygen atoms in total. The number of rotatable bonds is 5. The Morgan fingerprint density at radius 1 is 1.12 bits per heavy atom. The molecule has 2 aromatic carbocycles. The van der Waals surface area contributed by atoms with Gasteiger partial charge in [-0.05, 0) is 45.6 Å². The van der Waals surface area contributed by atoms with E-state index in [-0.39, 0.29) is 6.03 Å². The Morgan fingerprint density at radius 3 is 2.79 bits per heavy atom. The van der Waals surface area contributed by atoms with Gasteiger partial charge in [-0.25, -0.2) is 4.79 Å². The Morgan fingerprint density at radius 2 is 2.00 bits per heavy atom. The van der Waals surface area contributed by atoms with Gasteiger partial charge in [0.15, 0.2) is 0 Å². The number of urea groups is 1. The van der Waals surface area contributed by atoms with E-state index in [1.54, 1.807) is 24.5 Å². The van der Waals surface area contributed by atoms with Gasteiger partial charge in [-0.2, -0.15) is 11.3 Å². The SMILES string of the molecule is COc1cccc(NC(=O)NCc2ccccc2-c2ccsc2)c1. The molecule has 0 saturated carbocycles. The average Bonchev–Trinajstić information content (AvgIpc) is 3.15. The van der Waals surface area contributed by atoms with Gasteiger partial charge in [0.2, 0.25) is 0 Å². The maximum Gasteiger partial charge on any atom is 0.319 e. The zero-order valence-electron chi connectivity index (χ0n) is 13.3. The van der Waals surface area contributed by atoms with Crippen LogP contribution in [0.3, 0.4) is 0 Å². The summed E-state index contributed by atoms with van der Waals surface area (Å²) in [5, 5.41) is 9.87. The number of anilines is 1. The lowest BCUT2D eigenvalue weighted by molar-refractivity contribution is 0.252. The zero-order chi connectivity index (χ0) is 16.8. The fourth-order valence-electron chi connectivity index (χ4n) is 2.43. The molecule has 2 N–H and O–H groups in total. The van der Waals surface area contributed by atoms with Crippen LogP contribution in [0, 0.1) is 0 Å². The fraction of sp³-hybridized carbons (Fsp3) is 0.105. The van der Waals surface area contributed by atoms with Crippen LogP contribution >= 0.6 is 11.3 Å². The molecule has 0 unspecified atom stereocenters. The van der Waals surface area contributed by atoms with Crippen LogP contribution in [0.25, 0.3) is 11.1 Å². The number of methoxy groups -OCH3 is 1. The smallest absolute Gasteiger partial charge is 0.319 e. The topological polar surface area (TPSA) is 50.4 Å². The first-order valence-corrected chi connectivity index (χ1v) is 8.50. The normalized spacial score (nSPS) is 10.2. The second kappa shape index (κ2) is 7.66. The van der Waals surface area contributed by atoms with Gasteiger partial charge in [0, 0.05) is 18.3 Å². The molecule has 2 amide bonds. The number of nitrogens with one attached hydrogen (secondary N) is 2. The standard InChI is InChI=1S/C19H18N2O2S/c1-23-17-7-4-6-16(11-17)21-19(22)20-12-14-5-2-3-8-18(14)15-9-10-24-13-15/h2-11,13H,12H2,1H3,(H2,20,21,22). The lowest BCUT2D eigenvalue weighted by atomic mass is 10.0. The minimum absolute atomic E-state index is 0.247. The first-order chi connectivity index (χ1) is 11.8. The van der Waals surface area contributed by atoms with Crippen LogP contribution in [0.1, 0.15) is 5.56 Å². The number of carbonyl (C=O) groups excluding carboxylic acids is 1. The van der Waals surface area contributed by atoms with E-state index in [1.807, 2.05) is 36.4 Å². The number of benzene rings is 2. The zero-order valence-corrected chi connectivity index (χ0v) is 14.1. The molecule has 0 aliphatic carbocycles. The van der Waals surface area contributed by atoms with Crippen molar-refractivity contribution >= 4 is 23.1 Å². The van der Waals surface area contributed by atoms with Crippen LogP contribution in [0.15, 0.2) is 65.4 Å². The van der Waals surface area contributed by atoms with Gasteiger partial charge >= 0.3 is 6.03 Å². The van der Waals surface area contributed by atoms with Crippen molar-refractivity contribution in [3.63, 3.8) is 0 Å². The van der Waals surface area contributed by atoms with Crippen molar-refractivity contribution in [3.8, 4) is 16.9 Å². The van der Waals surface area contributed by atoms with E-state index in [0.29, 0.717) is 18.0 Å². The molecule has 0 aliphatic heterocycles. The minimum Gasteiger partial charge on any atom is -0.497 e. The number of ether oxygens (including phenoxy) is 1. The van der Waals surface area contributed by atoms with Crippen LogP contribution in [-0.4, -0.2) is 13.1 Å². The summed E-state index contributed by atoms with van der Waals surface area (Å²) < 4.78 is 5.15. The molecule has 1 aromatic heterocycles. The highest BCUT2D eigenvalue weighted by Gasteiger charge is 2.07. The van der Waals surface area contributed by atoms with Gasteiger partial charge in [0.1, 0.15) is 5.75 Å². The van der Waals surface area contributed by atoms with E-state index in [4.69, 9.17) is 4.74 Å². The van der Waals surface area contributed by atoms with E-state index >= 15 is 0 Å². The van der Waals surface area contributed by atoms with Crippen molar-refractivity contribution in [2.45, 2.75) is 6.54 Å². The van der Waals surface area contributed by atoms with Crippen LogP contribution in [0.4, 0.5) is 10.5 Å². The predicted molar refractivity (Wildman–Crippen MR) is 98.6 cm³/mol. The monoisotopic (exact) mass is 338 g/mol. The second-order valence-corrected chi connectivity index (χ2v) is 5.99. The Labute approximate surface area is 145 Å². The predicted octanol–water partition coefficient (Wildman–Crippen LogP) is 4.75. The molecule has 5 heteroatoms. The van der Waals surface area contributed by atoms with Gasteiger partial charge in [0.05, 0.1) is 7.11 Å². The Hall–Kier alpha value is -2.79. The van der Waals surface area contributed by atoms with Crippen molar-refractivity contribution in [1.82, 2.24) is 5.32 Å². The van der Waals surface area contributed by atoms with Gasteiger partial charge in [0.25, 0.3) is 0 Å². The molecular formula is C19H18N2O2S. The Bertz CT molecular complexity index is 816. The highest BCUT2D eigenvalue weighted by atomic mass is 32.1. The van der Waals surface area contributed by atoms with E-state index in [2.05, 4.69) is 33.5 Å². The summed E-state index contributed by atoms with van der Waals surface area (Å²) in [5.41, 5.74) is 4.08. The maximum absolute atomic E-state index is 12.1.